The van der Waals surface area contributed by atoms with E-state index < -0.39 is 12.0 Å². The van der Waals surface area contributed by atoms with Crippen molar-refractivity contribution in [3.63, 3.8) is 0 Å². The number of fused-ring (bicyclic) bond motifs is 1. The van der Waals surface area contributed by atoms with Crippen molar-refractivity contribution in [3.05, 3.63) is 76.0 Å². The molecular weight excluding hydrogens is 478 g/mol. The molecule has 2 aliphatic heterocycles. The average molecular weight is 508 g/mol. The van der Waals surface area contributed by atoms with E-state index in [9.17, 15) is 9.59 Å². The lowest BCUT2D eigenvalue weighted by molar-refractivity contribution is -0.139. The molecule has 0 spiro atoms. The summed E-state index contributed by atoms with van der Waals surface area (Å²) in [6.45, 7) is 7.63. The van der Waals surface area contributed by atoms with Crippen molar-refractivity contribution in [2.75, 3.05) is 25.6 Å². The molecular formula is C27H29N3O5S. The van der Waals surface area contributed by atoms with Gasteiger partial charge in [0.15, 0.2) is 23.3 Å². The Labute approximate surface area is 215 Å². The van der Waals surface area contributed by atoms with E-state index >= 15 is 0 Å². The van der Waals surface area contributed by atoms with Crippen LogP contribution < -0.4 is 14.8 Å². The standard InChI is InChI=1S/C27H29N3O5S/c1-6-34-26(32)24-18(4)28-27-30(12-13-36-27)25(24)19-10-11-21(22(14-19)33-5)35-15-23(31)29-20-9-7-8-16(2)17(20)3/h7-14,25H,6,15H2,1-5H3,(H,29,31)/t25-/m1/s1. The van der Waals surface area contributed by atoms with E-state index in [1.807, 2.05) is 67.6 Å². The molecule has 2 aromatic carbocycles. The van der Waals surface area contributed by atoms with Gasteiger partial charge >= 0.3 is 5.97 Å². The highest BCUT2D eigenvalue weighted by molar-refractivity contribution is 8.16. The van der Waals surface area contributed by atoms with Crippen LogP contribution >= 0.6 is 11.8 Å². The number of methoxy groups -OCH3 is 1. The van der Waals surface area contributed by atoms with Crippen LogP contribution in [0.1, 0.15) is 36.6 Å². The summed E-state index contributed by atoms with van der Waals surface area (Å²) in [4.78, 5) is 31.9. The molecule has 0 fully saturated rings. The largest absolute Gasteiger partial charge is 0.493 e. The molecule has 2 heterocycles. The molecule has 0 unspecified atom stereocenters. The van der Waals surface area contributed by atoms with Crippen LogP contribution in [0, 0.1) is 13.8 Å². The number of benzene rings is 2. The average Bonchev–Trinajstić information content (AvgIpc) is 3.32. The molecule has 0 bridgehead atoms. The number of allylic oxidation sites excluding steroid dienone is 1. The highest BCUT2D eigenvalue weighted by atomic mass is 32.2. The summed E-state index contributed by atoms with van der Waals surface area (Å²) in [5.41, 5.74) is 4.75. The third kappa shape index (κ3) is 5.11. The molecule has 2 aromatic rings. The Morgan fingerprint density at radius 1 is 1.14 bits per heavy atom. The first-order chi connectivity index (χ1) is 17.3. The number of aliphatic imine (C=N–C) groups is 1. The number of amidine groups is 1. The zero-order valence-corrected chi connectivity index (χ0v) is 21.8. The number of esters is 1. The van der Waals surface area contributed by atoms with Crippen LogP contribution in [-0.4, -0.2) is 42.3 Å². The Hall–Kier alpha value is -3.72. The zero-order valence-electron chi connectivity index (χ0n) is 21.0. The van der Waals surface area contributed by atoms with Crippen molar-refractivity contribution >= 4 is 34.5 Å². The van der Waals surface area contributed by atoms with E-state index in [-0.39, 0.29) is 19.1 Å². The fraction of sp³-hybridized carbons (Fsp3) is 0.296. The lowest BCUT2D eigenvalue weighted by atomic mass is 9.94. The van der Waals surface area contributed by atoms with Gasteiger partial charge in [0.05, 0.1) is 31.0 Å². The van der Waals surface area contributed by atoms with Gasteiger partial charge in [0.2, 0.25) is 0 Å². The summed E-state index contributed by atoms with van der Waals surface area (Å²) in [5.74, 6) is 0.195. The summed E-state index contributed by atoms with van der Waals surface area (Å²) in [6, 6.07) is 10.7. The third-order valence-corrected chi connectivity index (χ3v) is 6.83. The predicted octanol–water partition coefficient (Wildman–Crippen LogP) is 5.10. The second-order valence-corrected chi connectivity index (χ2v) is 9.19. The number of ether oxygens (including phenoxy) is 3. The minimum Gasteiger partial charge on any atom is -0.493 e. The number of thioether (sulfide) groups is 1. The number of anilines is 1. The molecule has 0 aliphatic carbocycles. The summed E-state index contributed by atoms with van der Waals surface area (Å²) in [7, 11) is 1.54. The summed E-state index contributed by atoms with van der Waals surface area (Å²) in [5, 5.41) is 5.60. The van der Waals surface area contributed by atoms with Crippen LogP contribution in [0.15, 0.2) is 64.3 Å². The summed E-state index contributed by atoms with van der Waals surface area (Å²) in [6.07, 6.45) is 1.90. The van der Waals surface area contributed by atoms with Gasteiger partial charge in [-0.1, -0.05) is 30.0 Å². The van der Waals surface area contributed by atoms with Gasteiger partial charge in [0.1, 0.15) is 0 Å². The number of hydrogen-bond acceptors (Lipinski definition) is 8. The summed E-state index contributed by atoms with van der Waals surface area (Å²) < 4.78 is 16.7. The Kier molecular flexibility index (Phi) is 7.69. The Balaban J connectivity index is 1.56. The maximum absolute atomic E-state index is 12.9. The molecule has 1 atom stereocenters. The number of carbonyl (C=O) groups excluding carboxylic acids is 2. The van der Waals surface area contributed by atoms with E-state index in [1.54, 1.807) is 13.0 Å². The number of carbonyl (C=O) groups is 2. The van der Waals surface area contributed by atoms with Crippen LogP contribution in [0.25, 0.3) is 0 Å². The molecule has 0 saturated heterocycles. The van der Waals surface area contributed by atoms with Crippen LogP contribution in [0.4, 0.5) is 5.69 Å². The fourth-order valence-corrected chi connectivity index (χ4v) is 4.88. The number of nitrogens with zero attached hydrogens (tertiary/aromatic N) is 2. The Morgan fingerprint density at radius 2 is 1.94 bits per heavy atom. The van der Waals surface area contributed by atoms with Gasteiger partial charge in [-0.15, -0.1) is 0 Å². The highest BCUT2D eigenvalue weighted by Crippen LogP contribution is 2.43. The van der Waals surface area contributed by atoms with Gasteiger partial charge < -0.3 is 24.4 Å². The quantitative estimate of drug-likeness (QED) is 0.498. The second-order valence-electron chi connectivity index (χ2n) is 8.32. The first-order valence-electron chi connectivity index (χ1n) is 11.6. The monoisotopic (exact) mass is 507 g/mol. The molecule has 36 heavy (non-hydrogen) atoms. The fourth-order valence-electron chi connectivity index (χ4n) is 4.09. The first-order valence-corrected chi connectivity index (χ1v) is 12.5. The van der Waals surface area contributed by atoms with E-state index in [0.717, 1.165) is 27.5 Å². The number of aryl methyl sites for hydroxylation is 1. The van der Waals surface area contributed by atoms with E-state index in [0.29, 0.717) is 22.8 Å². The SMILES string of the molecule is CCOC(=O)C1=C(C)N=C2SC=CN2[C@@H]1c1ccc(OCC(=O)Nc2cccc(C)c2C)c(OC)c1. The molecule has 8 nitrogen and oxygen atoms in total. The molecule has 2 aliphatic rings. The van der Waals surface area contributed by atoms with Crippen molar-refractivity contribution in [1.82, 2.24) is 4.90 Å². The van der Waals surface area contributed by atoms with Gasteiger partial charge in [-0.3, -0.25) is 4.79 Å². The maximum atomic E-state index is 12.9. The Morgan fingerprint density at radius 3 is 2.69 bits per heavy atom. The highest BCUT2D eigenvalue weighted by Gasteiger charge is 2.37. The van der Waals surface area contributed by atoms with Crippen molar-refractivity contribution in [1.29, 1.82) is 0 Å². The molecule has 9 heteroatoms. The van der Waals surface area contributed by atoms with E-state index in [4.69, 9.17) is 14.2 Å². The van der Waals surface area contributed by atoms with Gasteiger partial charge in [0, 0.05) is 11.9 Å². The van der Waals surface area contributed by atoms with Crippen LogP contribution in [0.2, 0.25) is 0 Å². The van der Waals surface area contributed by atoms with E-state index in [2.05, 4.69) is 10.3 Å². The van der Waals surface area contributed by atoms with Crippen molar-refractivity contribution in [2.45, 2.75) is 33.7 Å². The normalized spacial score (nSPS) is 16.4. The molecule has 0 radical (unpaired) electrons. The number of nitrogens with one attached hydrogen (secondary N) is 1. The molecule has 1 amide bonds. The number of rotatable bonds is 8. The third-order valence-electron chi connectivity index (χ3n) is 6.06. The molecule has 188 valence electrons. The lowest BCUT2D eigenvalue weighted by Gasteiger charge is -2.33. The molecule has 0 aromatic heterocycles. The Bertz CT molecular complexity index is 1280. The van der Waals surface area contributed by atoms with Crippen molar-refractivity contribution < 1.29 is 23.8 Å². The van der Waals surface area contributed by atoms with Crippen LogP contribution in [-0.2, 0) is 14.3 Å². The topological polar surface area (TPSA) is 89.5 Å². The number of amides is 1. The minimum atomic E-state index is -0.432. The first kappa shape index (κ1) is 25.4. The van der Waals surface area contributed by atoms with Crippen molar-refractivity contribution in [2.24, 2.45) is 4.99 Å². The molecule has 1 N–H and O–H groups in total. The van der Waals surface area contributed by atoms with Crippen LogP contribution in [0.3, 0.4) is 0 Å². The van der Waals surface area contributed by atoms with Crippen LogP contribution in [0.5, 0.6) is 11.5 Å². The second kappa shape index (κ2) is 10.9. The number of hydrogen-bond donors (Lipinski definition) is 1. The smallest absolute Gasteiger partial charge is 0.338 e. The van der Waals surface area contributed by atoms with Gasteiger partial charge in [-0.05, 0) is 68.0 Å². The summed E-state index contributed by atoms with van der Waals surface area (Å²) >= 11 is 1.49. The maximum Gasteiger partial charge on any atom is 0.338 e. The van der Waals surface area contributed by atoms with Crippen molar-refractivity contribution in [3.8, 4) is 11.5 Å². The molecule has 4 rings (SSSR count). The van der Waals surface area contributed by atoms with E-state index in [1.165, 1.54) is 18.9 Å². The zero-order chi connectivity index (χ0) is 25.8. The lowest BCUT2D eigenvalue weighted by Crippen LogP contribution is -2.34. The minimum absolute atomic E-state index is 0.179. The van der Waals surface area contributed by atoms with Gasteiger partial charge in [0.25, 0.3) is 5.91 Å². The van der Waals surface area contributed by atoms with Gasteiger partial charge in [-0.2, -0.15) is 0 Å². The predicted molar refractivity (Wildman–Crippen MR) is 141 cm³/mol. The molecule has 0 saturated carbocycles. The van der Waals surface area contributed by atoms with Gasteiger partial charge in [-0.25, -0.2) is 9.79 Å².